The molecule has 31 heavy (non-hydrogen) atoms. The van der Waals surface area contributed by atoms with Crippen LogP contribution in [-0.2, 0) is 21.5 Å². The fourth-order valence-corrected chi connectivity index (χ4v) is 6.31. The number of methoxy groups -OCH3 is 1. The Labute approximate surface area is 185 Å². The summed E-state index contributed by atoms with van der Waals surface area (Å²) in [4.78, 5) is 23.2. The summed E-state index contributed by atoms with van der Waals surface area (Å²) in [5, 5.41) is 0. The monoisotopic (exact) mass is 424 g/mol. The first-order valence-corrected chi connectivity index (χ1v) is 11.9. The van der Waals surface area contributed by atoms with Gasteiger partial charge in [0.25, 0.3) is 5.91 Å². The van der Waals surface area contributed by atoms with E-state index in [9.17, 15) is 4.79 Å². The molecule has 6 heteroatoms. The van der Waals surface area contributed by atoms with Crippen LogP contribution in [0.5, 0.6) is 0 Å². The van der Waals surface area contributed by atoms with E-state index >= 15 is 0 Å². The molecule has 2 saturated carbocycles. The minimum Gasteiger partial charge on any atom is -0.381 e. The summed E-state index contributed by atoms with van der Waals surface area (Å²) in [6.07, 6.45) is 8.44. The van der Waals surface area contributed by atoms with Gasteiger partial charge >= 0.3 is 0 Å². The third-order valence-corrected chi connectivity index (χ3v) is 8.19. The maximum absolute atomic E-state index is 14.2. The molecule has 2 N–H and O–H groups in total. The second-order valence-electron chi connectivity index (χ2n) is 10.4. The first kappa shape index (κ1) is 21.0. The summed E-state index contributed by atoms with van der Waals surface area (Å²) < 4.78 is 5.66. The van der Waals surface area contributed by atoms with Crippen molar-refractivity contribution in [2.75, 3.05) is 34.3 Å². The molecule has 3 aliphatic carbocycles. The van der Waals surface area contributed by atoms with E-state index in [1.165, 1.54) is 24.0 Å². The molecule has 5 rings (SSSR count). The number of aliphatic imine (C=N–C) groups is 1. The third-order valence-electron chi connectivity index (χ3n) is 8.19. The van der Waals surface area contributed by atoms with Crippen molar-refractivity contribution in [3.63, 3.8) is 0 Å². The fourth-order valence-electron chi connectivity index (χ4n) is 6.31. The highest BCUT2D eigenvalue weighted by molar-refractivity contribution is 6.08. The van der Waals surface area contributed by atoms with E-state index in [4.69, 9.17) is 15.5 Å². The summed E-state index contributed by atoms with van der Waals surface area (Å²) in [5.74, 6) is 1.16. The zero-order chi connectivity index (χ0) is 21.8. The number of hydrogen-bond acceptors (Lipinski definition) is 5. The van der Waals surface area contributed by atoms with Crippen molar-refractivity contribution in [2.45, 2.75) is 68.9 Å². The lowest BCUT2D eigenvalue weighted by molar-refractivity contribution is -0.138. The van der Waals surface area contributed by atoms with Gasteiger partial charge in [-0.05, 0) is 94.6 Å². The van der Waals surface area contributed by atoms with Crippen LogP contribution in [0.15, 0.2) is 23.2 Å². The van der Waals surface area contributed by atoms with Gasteiger partial charge in [0.15, 0.2) is 11.5 Å². The van der Waals surface area contributed by atoms with Crippen LogP contribution in [0, 0.1) is 5.41 Å². The Morgan fingerprint density at radius 1 is 1.23 bits per heavy atom. The largest absolute Gasteiger partial charge is 0.381 e. The molecule has 2 fully saturated rings. The van der Waals surface area contributed by atoms with E-state index in [0.717, 1.165) is 50.6 Å². The second-order valence-corrected chi connectivity index (χ2v) is 10.4. The number of ether oxygens (including phenoxy) is 1. The van der Waals surface area contributed by atoms with Crippen molar-refractivity contribution >= 4 is 11.9 Å². The number of nitrogens with zero attached hydrogens (tertiary/aromatic N) is 3. The Balaban J connectivity index is 1.55. The smallest absolute Gasteiger partial charge is 0.262 e. The van der Waals surface area contributed by atoms with Crippen molar-refractivity contribution in [1.82, 2.24) is 9.80 Å². The van der Waals surface area contributed by atoms with Crippen LogP contribution < -0.4 is 5.73 Å². The summed E-state index contributed by atoms with van der Waals surface area (Å²) in [6, 6.07) is 6.86. The molecule has 0 bridgehead atoms. The van der Waals surface area contributed by atoms with Crippen LogP contribution >= 0.6 is 0 Å². The average Bonchev–Trinajstić information content (AvgIpc) is 3.53. The minimum absolute atomic E-state index is 0.103. The van der Waals surface area contributed by atoms with Gasteiger partial charge in [-0.15, -0.1) is 0 Å². The lowest BCUT2D eigenvalue weighted by Gasteiger charge is -2.45. The van der Waals surface area contributed by atoms with Crippen LogP contribution in [0.2, 0.25) is 0 Å². The number of fused-ring (bicyclic) bond motifs is 3. The van der Waals surface area contributed by atoms with Gasteiger partial charge in [0.2, 0.25) is 0 Å². The van der Waals surface area contributed by atoms with Gasteiger partial charge in [-0.25, -0.2) is 4.99 Å². The number of carbonyl (C=O) groups is 1. The van der Waals surface area contributed by atoms with E-state index in [1.807, 2.05) is 0 Å². The predicted octanol–water partition coefficient (Wildman–Crippen LogP) is 3.00. The number of nitrogens with two attached hydrogens (primary N) is 1. The molecule has 0 aromatic heterocycles. The molecule has 6 nitrogen and oxygen atoms in total. The number of rotatable bonds is 6. The summed E-state index contributed by atoms with van der Waals surface area (Å²) >= 11 is 0. The van der Waals surface area contributed by atoms with E-state index in [-0.39, 0.29) is 17.4 Å². The average molecular weight is 425 g/mol. The van der Waals surface area contributed by atoms with Gasteiger partial charge in [-0.3, -0.25) is 9.69 Å². The molecule has 1 heterocycles. The second kappa shape index (κ2) is 7.59. The van der Waals surface area contributed by atoms with Crippen molar-refractivity contribution in [3.8, 4) is 0 Å². The Morgan fingerprint density at radius 2 is 1.97 bits per heavy atom. The molecular weight excluding hydrogens is 388 g/mol. The van der Waals surface area contributed by atoms with Crippen molar-refractivity contribution in [2.24, 2.45) is 16.1 Å². The van der Waals surface area contributed by atoms with Crippen LogP contribution in [-0.4, -0.2) is 62.1 Å². The number of guanidine groups is 1. The van der Waals surface area contributed by atoms with Crippen molar-refractivity contribution in [1.29, 1.82) is 0 Å². The molecule has 1 aliphatic heterocycles. The quantitative estimate of drug-likeness (QED) is 0.762. The first-order chi connectivity index (χ1) is 14.9. The number of amides is 1. The number of benzene rings is 1. The molecular formula is C25H36N4O2. The molecule has 0 saturated heterocycles. The van der Waals surface area contributed by atoms with E-state index in [0.29, 0.717) is 18.4 Å². The molecule has 2 spiro atoms. The molecule has 1 atom stereocenters. The fraction of sp³-hybridized carbons (Fsp3) is 0.680. The first-order valence-electron chi connectivity index (χ1n) is 11.9. The molecule has 1 aromatic rings. The summed E-state index contributed by atoms with van der Waals surface area (Å²) in [5.41, 5.74) is 9.22. The van der Waals surface area contributed by atoms with Crippen LogP contribution in [0.4, 0.5) is 0 Å². The summed E-state index contributed by atoms with van der Waals surface area (Å²) in [6.45, 7) is 1.55. The maximum Gasteiger partial charge on any atom is 0.262 e. The molecule has 4 aliphatic rings. The highest BCUT2D eigenvalue weighted by atomic mass is 16.5. The zero-order valence-corrected chi connectivity index (χ0v) is 19.2. The van der Waals surface area contributed by atoms with Gasteiger partial charge in [-0.1, -0.05) is 18.2 Å². The third kappa shape index (κ3) is 3.21. The highest BCUT2D eigenvalue weighted by Crippen LogP contribution is 2.62. The molecule has 1 unspecified atom stereocenters. The molecule has 168 valence electrons. The van der Waals surface area contributed by atoms with Gasteiger partial charge in [-0.2, -0.15) is 0 Å². The zero-order valence-electron chi connectivity index (χ0n) is 19.2. The minimum atomic E-state index is -0.853. The lowest BCUT2D eigenvalue weighted by atomic mass is 9.61. The van der Waals surface area contributed by atoms with Crippen LogP contribution in [0.25, 0.3) is 0 Å². The van der Waals surface area contributed by atoms with Crippen LogP contribution in [0.3, 0.4) is 0 Å². The standard InChI is InChI=1S/C25H36N4O2/c1-28(2)13-4-14-29-22(30)25(27-23(29)26)21-15-18(17-5-6-17)7-8-19(21)16-24(25)11-9-20(31-3)10-12-24/h7-8,15,17,20H,4-6,9-14,16H2,1-3H3,(H2,26,27). The van der Waals surface area contributed by atoms with Crippen molar-refractivity contribution in [3.05, 3.63) is 34.9 Å². The van der Waals surface area contributed by atoms with Gasteiger partial charge in [0, 0.05) is 19.1 Å². The Hall–Kier alpha value is -1.92. The highest BCUT2D eigenvalue weighted by Gasteiger charge is 2.66. The molecule has 0 radical (unpaired) electrons. The topological polar surface area (TPSA) is 71.2 Å². The Kier molecular flexibility index (Phi) is 5.13. The van der Waals surface area contributed by atoms with E-state index in [1.54, 1.807) is 12.0 Å². The molecule has 1 aromatic carbocycles. The maximum atomic E-state index is 14.2. The predicted molar refractivity (Wildman–Crippen MR) is 122 cm³/mol. The Bertz CT molecular complexity index is 899. The number of carbonyl (C=O) groups excluding carboxylic acids is 1. The molecule has 1 amide bonds. The lowest BCUT2D eigenvalue weighted by Crippen LogP contribution is -2.52. The van der Waals surface area contributed by atoms with E-state index in [2.05, 4.69) is 37.2 Å². The van der Waals surface area contributed by atoms with Gasteiger partial charge < -0.3 is 15.4 Å². The van der Waals surface area contributed by atoms with Crippen LogP contribution in [0.1, 0.15) is 67.6 Å². The number of hydrogen-bond donors (Lipinski definition) is 1. The van der Waals surface area contributed by atoms with Crippen molar-refractivity contribution < 1.29 is 9.53 Å². The van der Waals surface area contributed by atoms with E-state index < -0.39 is 5.54 Å². The Morgan fingerprint density at radius 3 is 2.61 bits per heavy atom. The summed E-state index contributed by atoms with van der Waals surface area (Å²) in [7, 11) is 5.91. The normalized spacial score (nSPS) is 32.4. The van der Waals surface area contributed by atoms with Gasteiger partial charge in [0.1, 0.15) is 0 Å². The van der Waals surface area contributed by atoms with Gasteiger partial charge in [0.05, 0.1) is 6.10 Å². The SMILES string of the molecule is COC1CCC2(CC1)Cc1ccc(C3CC3)cc1C21N=C(N)N(CCCN(C)C)C1=O.